The fourth-order valence-electron chi connectivity index (χ4n) is 4.29. The number of hydrogen-bond donors (Lipinski definition) is 5. The number of piperazine rings is 1. The summed E-state index contributed by atoms with van der Waals surface area (Å²) in [7, 11) is 0. The zero-order valence-corrected chi connectivity index (χ0v) is 22.6. The summed E-state index contributed by atoms with van der Waals surface area (Å²) in [6, 6.07) is 11.2. The van der Waals surface area contributed by atoms with Crippen molar-refractivity contribution in [2.24, 2.45) is 0 Å². The topological polar surface area (TPSA) is 149 Å². The van der Waals surface area contributed by atoms with Crippen molar-refractivity contribution in [1.29, 1.82) is 0 Å². The monoisotopic (exact) mass is 530 g/mol. The molecule has 39 heavy (non-hydrogen) atoms. The smallest absolute Gasteiger partial charge is 0.320 e. The number of amides is 2. The third-order valence-corrected chi connectivity index (χ3v) is 6.35. The Hall–Kier alpha value is -4.45. The number of carbonyl (C=O) groups is 1. The first-order valence-corrected chi connectivity index (χ1v) is 13.0. The van der Waals surface area contributed by atoms with Gasteiger partial charge in [-0.1, -0.05) is 38.1 Å². The number of nitrogens with one attached hydrogen (secondary N) is 5. The Balaban J connectivity index is 1.33. The third kappa shape index (κ3) is 6.52. The first-order chi connectivity index (χ1) is 18.7. The van der Waals surface area contributed by atoms with Crippen LogP contribution in [0.2, 0.25) is 0 Å². The molecule has 1 aliphatic rings. The molecule has 4 heterocycles. The van der Waals surface area contributed by atoms with Gasteiger partial charge in [-0.15, -0.1) is 0 Å². The summed E-state index contributed by atoms with van der Waals surface area (Å²) in [6.07, 6.45) is 1.71. The molecule has 0 saturated carbocycles. The van der Waals surface area contributed by atoms with Gasteiger partial charge in [0, 0.05) is 67.7 Å². The van der Waals surface area contributed by atoms with Crippen molar-refractivity contribution >= 4 is 29.2 Å². The molecule has 204 valence electrons. The van der Waals surface area contributed by atoms with E-state index >= 15 is 0 Å². The molecule has 0 radical (unpaired) electrons. The molecule has 12 nitrogen and oxygen atoms in total. The number of rotatable bonds is 7. The number of urea groups is 1. The number of aromatic amines is 1. The summed E-state index contributed by atoms with van der Waals surface area (Å²) >= 11 is 0. The molecule has 1 fully saturated rings. The minimum atomic E-state index is -0.372. The Morgan fingerprint density at radius 2 is 1.90 bits per heavy atom. The summed E-state index contributed by atoms with van der Waals surface area (Å²) in [5.41, 5.74) is 3.33. The first kappa shape index (κ1) is 26.2. The van der Waals surface area contributed by atoms with Crippen molar-refractivity contribution in [2.75, 3.05) is 41.7 Å². The van der Waals surface area contributed by atoms with Crippen LogP contribution in [0.25, 0.3) is 11.3 Å². The molecule has 4 aromatic rings. The zero-order chi connectivity index (χ0) is 27.4. The average molecular weight is 531 g/mol. The lowest BCUT2D eigenvalue weighted by molar-refractivity contribution is 0.251. The minimum absolute atomic E-state index is 0.197. The van der Waals surface area contributed by atoms with E-state index < -0.39 is 0 Å². The molecule has 2 amide bonds. The van der Waals surface area contributed by atoms with E-state index in [1.807, 2.05) is 58.0 Å². The van der Waals surface area contributed by atoms with Crippen LogP contribution in [-0.2, 0) is 12.0 Å². The van der Waals surface area contributed by atoms with Gasteiger partial charge in [0.25, 0.3) is 0 Å². The summed E-state index contributed by atoms with van der Waals surface area (Å²) in [5, 5.41) is 23.5. The lowest BCUT2D eigenvalue weighted by Crippen LogP contribution is -2.44. The van der Waals surface area contributed by atoms with Gasteiger partial charge in [0.1, 0.15) is 23.2 Å². The van der Waals surface area contributed by atoms with Gasteiger partial charge in [0.15, 0.2) is 5.82 Å². The van der Waals surface area contributed by atoms with Gasteiger partial charge in [-0.25, -0.2) is 14.8 Å². The van der Waals surface area contributed by atoms with Gasteiger partial charge in [-0.2, -0.15) is 5.10 Å². The molecule has 1 aliphatic heterocycles. The quantitative estimate of drug-likeness (QED) is 0.239. The van der Waals surface area contributed by atoms with Crippen LogP contribution in [0.5, 0.6) is 0 Å². The Morgan fingerprint density at radius 1 is 1.08 bits per heavy atom. The largest absolute Gasteiger partial charge is 0.359 e. The van der Waals surface area contributed by atoms with Crippen molar-refractivity contribution in [2.45, 2.75) is 39.7 Å². The Morgan fingerprint density at radius 3 is 2.62 bits per heavy atom. The number of carbonyl (C=O) groups excluding carboxylic acids is 1. The van der Waals surface area contributed by atoms with Gasteiger partial charge in [0.2, 0.25) is 0 Å². The summed E-state index contributed by atoms with van der Waals surface area (Å²) in [6.45, 7) is 11.9. The second-order valence-corrected chi connectivity index (χ2v) is 10.5. The maximum atomic E-state index is 12.5. The summed E-state index contributed by atoms with van der Waals surface area (Å²) < 4.78 is 5.34. The first-order valence-electron chi connectivity index (χ1n) is 13.0. The second kappa shape index (κ2) is 11.1. The van der Waals surface area contributed by atoms with E-state index in [1.165, 1.54) is 0 Å². The van der Waals surface area contributed by atoms with Crippen LogP contribution in [0.4, 0.5) is 27.9 Å². The van der Waals surface area contributed by atoms with Crippen LogP contribution in [-0.4, -0.2) is 57.5 Å². The fraction of sp³-hybridized carbons (Fsp3) is 0.370. The highest BCUT2D eigenvalue weighted by molar-refractivity contribution is 5.88. The second-order valence-electron chi connectivity index (χ2n) is 10.5. The highest BCUT2D eigenvalue weighted by Crippen LogP contribution is 2.31. The molecule has 5 rings (SSSR count). The highest BCUT2D eigenvalue weighted by atomic mass is 16.5. The summed E-state index contributed by atoms with van der Waals surface area (Å²) in [5.74, 6) is 3.34. The lowest BCUT2D eigenvalue weighted by atomic mass is 9.93. The number of aromatic nitrogens is 5. The Labute approximate surface area is 227 Å². The van der Waals surface area contributed by atoms with E-state index in [9.17, 15) is 4.79 Å². The number of H-pyrrole nitrogens is 1. The van der Waals surface area contributed by atoms with Gasteiger partial charge in [-0.05, 0) is 24.6 Å². The molecule has 5 N–H and O–H groups in total. The minimum Gasteiger partial charge on any atom is -0.359 e. The lowest BCUT2D eigenvalue weighted by Gasteiger charge is -2.28. The van der Waals surface area contributed by atoms with Crippen molar-refractivity contribution in [3.63, 3.8) is 0 Å². The maximum absolute atomic E-state index is 12.5. The predicted molar refractivity (Wildman–Crippen MR) is 150 cm³/mol. The van der Waals surface area contributed by atoms with E-state index in [1.54, 1.807) is 12.3 Å². The average Bonchev–Trinajstić information content (AvgIpc) is 3.61. The van der Waals surface area contributed by atoms with Crippen molar-refractivity contribution in [3.8, 4) is 11.3 Å². The standard InChI is InChI=1S/C27H34N10O2/c1-17-31-23(15-25(32-17)37-11-9-28-10-12-37)33-21-13-18(5-6-19(21)20-7-8-30-35-20)16-29-26(38)34-24-14-22(39-36-24)27(2,3)4/h5-8,13-15,28H,9-12,16H2,1-4H3,(H,30,35)(H,31,32,33)(H2,29,34,36,38). The van der Waals surface area contributed by atoms with Crippen LogP contribution in [0.15, 0.2) is 47.1 Å². The van der Waals surface area contributed by atoms with Gasteiger partial charge < -0.3 is 25.4 Å². The van der Waals surface area contributed by atoms with Crippen LogP contribution >= 0.6 is 0 Å². The number of nitrogens with zero attached hydrogens (tertiary/aromatic N) is 5. The van der Waals surface area contributed by atoms with E-state index in [2.05, 4.69) is 51.5 Å². The molecule has 0 bridgehead atoms. The Bertz CT molecular complexity index is 1420. The van der Waals surface area contributed by atoms with Crippen molar-refractivity contribution < 1.29 is 9.32 Å². The molecule has 12 heteroatoms. The van der Waals surface area contributed by atoms with E-state index in [0.717, 1.165) is 54.5 Å². The van der Waals surface area contributed by atoms with Crippen LogP contribution in [0.1, 0.15) is 37.9 Å². The molecule has 0 unspecified atom stereocenters. The van der Waals surface area contributed by atoms with Crippen molar-refractivity contribution in [1.82, 2.24) is 36.0 Å². The third-order valence-electron chi connectivity index (χ3n) is 6.35. The molecule has 0 atom stereocenters. The van der Waals surface area contributed by atoms with Crippen LogP contribution in [0.3, 0.4) is 0 Å². The van der Waals surface area contributed by atoms with Crippen LogP contribution in [0, 0.1) is 6.92 Å². The highest BCUT2D eigenvalue weighted by Gasteiger charge is 2.20. The normalized spacial score (nSPS) is 13.8. The number of anilines is 4. The SMILES string of the molecule is Cc1nc(Nc2cc(CNC(=O)Nc3cc(C(C)(C)C)on3)ccc2-c2ccn[nH]2)cc(N2CCNCC2)n1. The Kier molecular flexibility index (Phi) is 7.46. The van der Waals surface area contributed by atoms with E-state index in [-0.39, 0.29) is 11.4 Å². The van der Waals surface area contributed by atoms with Crippen LogP contribution < -0.4 is 26.2 Å². The number of aryl methyl sites for hydroxylation is 1. The molecule has 3 aromatic heterocycles. The molecule has 0 aliphatic carbocycles. The summed E-state index contributed by atoms with van der Waals surface area (Å²) in [4.78, 5) is 24.1. The molecular weight excluding hydrogens is 496 g/mol. The predicted octanol–water partition coefficient (Wildman–Crippen LogP) is 3.94. The fourth-order valence-corrected chi connectivity index (χ4v) is 4.29. The molecule has 0 spiro atoms. The van der Waals surface area contributed by atoms with E-state index in [0.29, 0.717) is 29.8 Å². The zero-order valence-electron chi connectivity index (χ0n) is 22.6. The number of benzene rings is 1. The molecule has 1 aromatic carbocycles. The number of hydrogen-bond acceptors (Lipinski definition) is 9. The van der Waals surface area contributed by atoms with E-state index in [4.69, 9.17) is 4.52 Å². The molecule has 1 saturated heterocycles. The van der Waals surface area contributed by atoms with Gasteiger partial charge in [0.05, 0.1) is 5.69 Å². The maximum Gasteiger partial charge on any atom is 0.320 e. The van der Waals surface area contributed by atoms with Gasteiger partial charge in [-0.3, -0.25) is 10.4 Å². The van der Waals surface area contributed by atoms with Gasteiger partial charge >= 0.3 is 6.03 Å². The molecular formula is C27H34N10O2. The van der Waals surface area contributed by atoms with Crippen molar-refractivity contribution in [3.05, 3.63) is 59.7 Å².